The average molecular weight is 1650 g/mol. The predicted octanol–water partition coefficient (Wildman–Crippen LogP) is 36.7. The van der Waals surface area contributed by atoms with Crippen LogP contribution in [0.3, 0.4) is 0 Å². The van der Waals surface area contributed by atoms with Crippen LogP contribution in [0.25, 0.3) is 251 Å². The second kappa shape index (κ2) is 32.9. The highest BCUT2D eigenvalue weighted by Crippen LogP contribution is 2.52. The van der Waals surface area contributed by atoms with Crippen molar-refractivity contribution < 1.29 is 0 Å². The number of benzene rings is 26. The molecule has 0 heterocycles. The van der Waals surface area contributed by atoms with Crippen LogP contribution >= 0.6 is 0 Å². The molecule has 0 aliphatic heterocycles. The Balaban J connectivity index is 0.000000108. The Bertz CT molecular complexity index is 8790. The van der Waals surface area contributed by atoms with Crippen molar-refractivity contribution in [1.29, 1.82) is 0 Å². The van der Waals surface area contributed by atoms with Crippen LogP contribution in [0.5, 0.6) is 0 Å². The average Bonchev–Trinajstić information content (AvgIpc) is 0.733. The van der Waals surface area contributed by atoms with Crippen molar-refractivity contribution >= 4 is 140 Å². The van der Waals surface area contributed by atoms with Gasteiger partial charge in [-0.1, -0.05) is 485 Å². The third-order valence-corrected chi connectivity index (χ3v) is 26.9. The van der Waals surface area contributed by atoms with Crippen LogP contribution in [-0.4, -0.2) is 0 Å². The summed E-state index contributed by atoms with van der Waals surface area (Å²) >= 11 is 0. The first-order chi connectivity index (χ1) is 64.6. The summed E-state index contributed by atoms with van der Waals surface area (Å²) in [6.45, 7) is 0. The maximum atomic E-state index is 2.41. The minimum atomic E-state index is 1.22. The van der Waals surface area contributed by atoms with Gasteiger partial charge in [-0.3, -0.25) is 0 Å². The lowest BCUT2D eigenvalue weighted by atomic mass is 9.84. The van der Waals surface area contributed by atoms with Crippen LogP contribution in [0.1, 0.15) is 0 Å². The van der Waals surface area contributed by atoms with E-state index >= 15 is 0 Å². The fraction of sp³-hybridized carbons (Fsp3) is 0. The van der Waals surface area contributed by atoms with Crippen LogP contribution in [0, 0.1) is 0 Å². The Hall–Kier alpha value is -16.9. The molecule has 0 saturated carbocycles. The fourth-order valence-corrected chi connectivity index (χ4v) is 21.2. The van der Waals surface area contributed by atoms with E-state index in [1.54, 1.807) is 0 Å². The third kappa shape index (κ3) is 13.4. The van der Waals surface area contributed by atoms with Crippen LogP contribution < -0.4 is 0 Å². The fourth-order valence-electron chi connectivity index (χ4n) is 21.2. The lowest BCUT2D eigenvalue weighted by Crippen LogP contribution is -1.92. The lowest BCUT2D eigenvalue weighted by Gasteiger charge is -2.19. The van der Waals surface area contributed by atoms with Crippen LogP contribution in [-0.2, 0) is 0 Å². The van der Waals surface area contributed by atoms with E-state index in [9.17, 15) is 0 Å². The molecule has 130 heavy (non-hydrogen) atoms. The van der Waals surface area contributed by atoms with Crippen LogP contribution in [0.2, 0.25) is 0 Å². The molecular weight excluding hydrogens is 1560 g/mol. The summed E-state index contributed by atoms with van der Waals surface area (Å²) in [6, 6.07) is 186. The van der Waals surface area contributed by atoms with Crippen LogP contribution in [0.15, 0.2) is 510 Å². The normalized spacial score (nSPS) is 11.5. The van der Waals surface area contributed by atoms with E-state index in [1.807, 2.05) is 0 Å². The lowest BCUT2D eigenvalue weighted by molar-refractivity contribution is 1.61. The molecule has 0 spiro atoms. The molecule has 26 aromatic carbocycles. The predicted molar refractivity (Wildman–Crippen MR) is 561 cm³/mol. The molecular formula is C130H84. The Morgan fingerprint density at radius 2 is 0.300 bits per heavy atom. The van der Waals surface area contributed by atoms with E-state index in [-0.39, 0.29) is 0 Å². The standard InChI is InChI=1S/C46H30.C44H28.C40H26/c1-2-15-33(16-3-1)45-39-22-8-10-24-41(39)46(42-25-11-9-23-40(42)45)43-27-13-18-32-28-29-34(30-44(32)43)36-20-6-7-21-37(36)38-26-12-17-31-14-4-5-19-35(31)38;1-2-13-30(14-3-1)43-36-20-8-10-22-38(36)44(39-23-11-9-21-37(39)43)40-24-12-16-29-25-26-32(28-41(29)40)42-27-31-15-4-5-17-33(31)34-18-6-7-19-35(34)42;1-2-13-29(14-3-1)39-33-18-6-8-20-35(33)40(36-21-9-7-19-34(36)39)37-23-11-16-28-24-25-30(26-38(28)37)32-22-10-15-27-12-4-5-17-31(27)32/h1-30H;1-28H;1-26H. The van der Waals surface area contributed by atoms with E-state index in [0.29, 0.717) is 0 Å². The number of hydrogen-bond acceptors (Lipinski definition) is 0. The van der Waals surface area contributed by atoms with Gasteiger partial charge in [-0.05, 0) is 276 Å². The van der Waals surface area contributed by atoms with E-state index in [0.717, 1.165) is 0 Å². The van der Waals surface area contributed by atoms with Crippen molar-refractivity contribution in [1.82, 2.24) is 0 Å². The van der Waals surface area contributed by atoms with E-state index in [4.69, 9.17) is 0 Å². The Morgan fingerprint density at radius 3 is 0.662 bits per heavy atom. The number of fused-ring (bicyclic) bond motifs is 14. The van der Waals surface area contributed by atoms with Crippen molar-refractivity contribution in [3.8, 4) is 111 Å². The molecule has 0 saturated heterocycles. The van der Waals surface area contributed by atoms with Crippen molar-refractivity contribution in [2.45, 2.75) is 0 Å². The summed E-state index contributed by atoms with van der Waals surface area (Å²) in [5.41, 5.74) is 25.3. The molecule has 0 N–H and O–H groups in total. The zero-order valence-electron chi connectivity index (χ0n) is 71.5. The molecule has 0 nitrogen and oxygen atoms in total. The quantitative estimate of drug-likeness (QED) is 0.0946. The highest BCUT2D eigenvalue weighted by Gasteiger charge is 2.24. The van der Waals surface area contributed by atoms with Crippen molar-refractivity contribution in [3.63, 3.8) is 0 Å². The van der Waals surface area contributed by atoms with Gasteiger partial charge in [0.2, 0.25) is 0 Å². The minimum Gasteiger partial charge on any atom is -0.0622 e. The molecule has 0 heteroatoms. The molecule has 604 valence electrons. The summed E-state index contributed by atoms with van der Waals surface area (Å²) in [4.78, 5) is 0. The second-order valence-corrected chi connectivity index (χ2v) is 34.1. The molecule has 26 aromatic rings. The molecule has 0 atom stereocenters. The molecule has 0 unspecified atom stereocenters. The molecule has 0 bridgehead atoms. The molecule has 0 aliphatic rings. The third-order valence-electron chi connectivity index (χ3n) is 26.9. The SMILES string of the molecule is c1ccc(-c2c3ccccc3c(-c3cccc4ccc(-c5cc6ccccc6c6ccccc56)cc34)c3ccccc23)cc1.c1ccc(-c2c3ccccc3c(-c3cccc4ccc(-c5cccc6ccccc56)cc34)c3ccccc23)cc1.c1ccc(-c2c3ccccc3c(-c3cccc4ccc(-c5ccccc5-c5cccc6ccccc56)cc34)c3ccccc23)cc1. The van der Waals surface area contributed by atoms with Crippen LogP contribution in [0.4, 0.5) is 0 Å². The summed E-state index contributed by atoms with van der Waals surface area (Å²) in [6.07, 6.45) is 0. The van der Waals surface area contributed by atoms with Gasteiger partial charge in [0.05, 0.1) is 0 Å². The van der Waals surface area contributed by atoms with Gasteiger partial charge in [-0.15, -0.1) is 0 Å². The first kappa shape index (κ1) is 76.7. The van der Waals surface area contributed by atoms with Gasteiger partial charge in [0.15, 0.2) is 0 Å². The van der Waals surface area contributed by atoms with Crippen molar-refractivity contribution in [2.24, 2.45) is 0 Å². The molecule has 0 aromatic heterocycles. The highest BCUT2D eigenvalue weighted by molar-refractivity contribution is 6.28. The van der Waals surface area contributed by atoms with Gasteiger partial charge in [-0.2, -0.15) is 0 Å². The maximum Gasteiger partial charge on any atom is -0.00201 e. The zero-order valence-corrected chi connectivity index (χ0v) is 71.5. The van der Waals surface area contributed by atoms with Gasteiger partial charge in [0.25, 0.3) is 0 Å². The first-order valence-corrected chi connectivity index (χ1v) is 45.1. The highest BCUT2D eigenvalue weighted by atomic mass is 14.3. The van der Waals surface area contributed by atoms with E-state index < -0.39 is 0 Å². The molecule has 0 radical (unpaired) electrons. The second-order valence-electron chi connectivity index (χ2n) is 34.1. The number of rotatable bonds is 10. The Kier molecular flexibility index (Phi) is 19.4. The summed E-state index contributed by atoms with van der Waals surface area (Å²) < 4.78 is 0. The van der Waals surface area contributed by atoms with Crippen molar-refractivity contribution in [2.75, 3.05) is 0 Å². The van der Waals surface area contributed by atoms with Crippen molar-refractivity contribution in [3.05, 3.63) is 510 Å². The molecule has 0 amide bonds. The summed E-state index contributed by atoms with van der Waals surface area (Å²) in [7, 11) is 0. The van der Waals surface area contributed by atoms with E-state index in [2.05, 4.69) is 510 Å². The summed E-state index contributed by atoms with van der Waals surface area (Å²) in [5, 5.41) is 33.1. The van der Waals surface area contributed by atoms with Gasteiger partial charge in [0.1, 0.15) is 0 Å². The molecule has 0 fully saturated rings. The summed E-state index contributed by atoms with van der Waals surface area (Å²) in [5.74, 6) is 0. The largest absolute Gasteiger partial charge is 0.0622 e. The smallest absolute Gasteiger partial charge is 0.00201 e. The van der Waals surface area contributed by atoms with Gasteiger partial charge >= 0.3 is 0 Å². The molecule has 26 rings (SSSR count). The molecule has 0 aliphatic carbocycles. The number of hydrogen-bond donors (Lipinski definition) is 0. The van der Waals surface area contributed by atoms with Gasteiger partial charge < -0.3 is 0 Å². The van der Waals surface area contributed by atoms with E-state index in [1.165, 1.54) is 251 Å². The maximum absolute atomic E-state index is 2.41. The van der Waals surface area contributed by atoms with Gasteiger partial charge in [0, 0.05) is 0 Å². The first-order valence-electron chi connectivity index (χ1n) is 45.1. The van der Waals surface area contributed by atoms with Gasteiger partial charge in [-0.25, -0.2) is 0 Å². The Morgan fingerprint density at radius 1 is 0.0769 bits per heavy atom. The monoisotopic (exact) mass is 1640 g/mol. The zero-order chi connectivity index (χ0) is 86.0. The minimum absolute atomic E-state index is 1.22. The Labute approximate surface area is 755 Å². The topological polar surface area (TPSA) is 0 Å².